The van der Waals surface area contributed by atoms with Gasteiger partial charge >= 0.3 is 0 Å². The number of nitrogens with zero attached hydrogens (tertiary/aromatic N) is 3. The molecule has 1 unspecified atom stereocenters. The predicted molar refractivity (Wildman–Crippen MR) is 136 cm³/mol. The van der Waals surface area contributed by atoms with Gasteiger partial charge in [-0.2, -0.15) is 5.10 Å². The Bertz CT molecular complexity index is 1090. The van der Waals surface area contributed by atoms with Gasteiger partial charge in [-0.05, 0) is 61.9 Å². The number of β-amino-alcohol motifs (C(OH)–C–C–N with tert-alkyl or cyclic N) is 1. The van der Waals surface area contributed by atoms with E-state index in [-0.39, 0.29) is 13.2 Å². The first-order chi connectivity index (χ1) is 16.9. The molecule has 0 saturated carbocycles. The van der Waals surface area contributed by atoms with Crippen molar-refractivity contribution in [3.05, 3.63) is 76.6 Å². The molecule has 2 aromatic carbocycles. The Morgan fingerprint density at radius 2 is 1.91 bits per heavy atom. The maximum absolute atomic E-state index is 11.2. The first kappa shape index (κ1) is 25.5. The number of aromatic nitrogens is 2. The third kappa shape index (κ3) is 7.70. The smallest absolute Gasteiger partial charge is 0.134 e. The fourth-order valence-corrected chi connectivity index (χ4v) is 4.39. The van der Waals surface area contributed by atoms with Crippen LogP contribution in [0.25, 0.3) is 0 Å². The fraction of sp³-hybridized carbons (Fsp3) is 0.444. The Labute approximate surface area is 212 Å². The van der Waals surface area contributed by atoms with Crippen molar-refractivity contribution in [2.75, 3.05) is 39.5 Å². The third-order valence-electron chi connectivity index (χ3n) is 5.95. The lowest BCUT2D eigenvalue weighted by molar-refractivity contribution is -0.0646. The minimum atomic E-state index is -1.10. The summed E-state index contributed by atoms with van der Waals surface area (Å²) in [6, 6.07) is 17.4. The monoisotopic (exact) mass is 499 g/mol. The van der Waals surface area contributed by atoms with Crippen LogP contribution in [0.5, 0.6) is 11.5 Å². The second kappa shape index (κ2) is 11.9. The second-order valence-electron chi connectivity index (χ2n) is 9.23. The van der Waals surface area contributed by atoms with Crippen LogP contribution in [0.4, 0.5) is 0 Å². The first-order valence-electron chi connectivity index (χ1n) is 12.0. The van der Waals surface area contributed by atoms with E-state index in [2.05, 4.69) is 35.1 Å². The Kier molecular flexibility index (Phi) is 8.68. The van der Waals surface area contributed by atoms with Crippen molar-refractivity contribution in [3.8, 4) is 11.5 Å². The predicted octanol–water partition coefficient (Wildman–Crippen LogP) is 4.26. The lowest BCUT2D eigenvalue weighted by Gasteiger charge is -2.30. The van der Waals surface area contributed by atoms with Crippen LogP contribution in [0.1, 0.15) is 23.4 Å². The van der Waals surface area contributed by atoms with Crippen LogP contribution in [0.15, 0.2) is 54.6 Å². The van der Waals surface area contributed by atoms with Gasteiger partial charge in [0.05, 0.1) is 25.5 Å². The maximum Gasteiger partial charge on any atom is 0.134 e. The number of aryl methyl sites for hydroxylation is 3. The number of ether oxygens (including phenoxy) is 3. The van der Waals surface area contributed by atoms with E-state index in [4.69, 9.17) is 25.8 Å². The SMILES string of the molecule is Cc1cc(C)n(CCCOc2cccc(CN3CCOCC(O)(COc4ccc(Cl)cc4)C3)c2)n1. The first-order valence-corrected chi connectivity index (χ1v) is 12.4. The summed E-state index contributed by atoms with van der Waals surface area (Å²) in [5.41, 5.74) is 2.24. The van der Waals surface area contributed by atoms with Gasteiger partial charge in [0.15, 0.2) is 0 Å². The molecule has 1 saturated heterocycles. The molecule has 1 N–H and O–H groups in total. The summed E-state index contributed by atoms with van der Waals surface area (Å²) in [5, 5.41) is 16.3. The van der Waals surface area contributed by atoms with Gasteiger partial charge in [-0.15, -0.1) is 0 Å². The highest BCUT2D eigenvalue weighted by Crippen LogP contribution is 2.21. The highest BCUT2D eigenvalue weighted by Gasteiger charge is 2.33. The number of hydrogen-bond donors (Lipinski definition) is 1. The molecule has 0 radical (unpaired) electrons. The van der Waals surface area contributed by atoms with E-state index in [1.807, 2.05) is 23.7 Å². The number of hydrogen-bond acceptors (Lipinski definition) is 6. The standard InChI is InChI=1S/C27H34ClN3O4/c1-21-15-22(2)31(29-21)11-4-13-34-26-6-3-5-23(16-26)17-30-12-14-33-19-27(32,18-30)20-35-25-9-7-24(28)8-10-25/h3,5-10,15-16,32H,4,11-14,17-20H2,1-2H3. The zero-order chi connectivity index (χ0) is 24.7. The maximum atomic E-state index is 11.2. The largest absolute Gasteiger partial charge is 0.494 e. The van der Waals surface area contributed by atoms with Gasteiger partial charge in [-0.1, -0.05) is 23.7 Å². The normalized spacial score (nSPS) is 18.9. The second-order valence-corrected chi connectivity index (χ2v) is 9.67. The Balaban J connectivity index is 1.28. The van der Waals surface area contributed by atoms with Crippen LogP contribution >= 0.6 is 11.6 Å². The molecule has 3 aromatic rings. The molecule has 4 rings (SSSR count). The van der Waals surface area contributed by atoms with E-state index < -0.39 is 5.60 Å². The van der Waals surface area contributed by atoms with Crippen LogP contribution in [0.2, 0.25) is 5.02 Å². The average molecular weight is 500 g/mol. The van der Waals surface area contributed by atoms with Crippen molar-refractivity contribution in [1.82, 2.24) is 14.7 Å². The Hall–Kier alpha value is -2.58. The topological polar surface area (TPSA) is 69.0 Å². The minimum Gasteiger partial charge on any atom is -0.494 e. The number of benzene rings is 2. The van der Waals surface area contributed by atoms with Crippen molar-refractivity contribution in [1.29, 1.82) is 0 Å². The summed E-state index contributed by atoms with van der Waals surface area (Å²) < 4.78 is 19.6. The highest BCUT2D eigenvalue weighted by atomic mass is 35.5. The van der Waals surface area contributed by atoms with E-state index in [0.29, 0.717) is 37.1 Å². The van der Waals surface area contributed by atoms with E-state index in [1.54, 1.807) is 24.3 Å². The van der Waals surface area contributed by atoms with Gasteiger partial charge in [-0.25, -0.2) is 0 Å². The van der Waals surface area contributed by atoms with Crippen molar-refractivity contribution in [3.63, 3.8) is 0 Å². The van der Waals surface area contributed by atoms with Crippen molar-refractivity contribution < 1.29 is 19.3 Å². The quantitative estimate of drug-likeness (QED) is 0.420. The fourth-order valence-electron chi connectivity index (χ4n) is 4.26. The zero-order valence-corrected chi connectivity index (χ0v) is 21.2. The van der Waals surface area contributed by atoms with Crippen molar-refractivity contribution in [2.45, 2.75) is 39.0 Å². The van der Waals surface area contributed by atoms with Crippen LogP contribution < -0.4 is 9.47 Å². The van der Waals surface area contributed by atoms with Crippen LogP contribution in [0.3, 0.4) is 0 Å². The lowest BCUT2D eigenvalue weighted by Crippen LogP contribution is -2.48. The van der Waals surface area contributed by atoms with Crippen LogP contribution in [-0.2, 0) is 17.8 Å². The molecular formula is C27H34ClN3O4. The molecule has 1 aliphatic rings. The molecule has 0 bridgehead atoms. The highest BCUT2D eigenvalue weighted by molar-refractivity contribution is 6.30. The molecule has 0 spiro atoms. The number of aliphatic hydroxyl groups is 1. The molecule has 1 aromatic heterocycles. The molecule has 1 atom stereocenters. The third-order valence-corrected chi connectivity index (χ3v) is 6.20. The minimum absolute atomic E-state index is 0.142. The van der Waals surface area contributed by atoms with E-state index >= 15 is 0 Å². The molecule has 8 heteroatoms. The van der Waals surface area contributed by atoms with Crippen molar-refractivity contribution in [2.24, 2.45) is 0 Å². The van der Waals surface area contributed by atoms with Crippen molar-refractivity contribution >= 4 is 11.6 Å². The van der Waals surface area contributed by atoms with Gasteiger partial charge < -0.3 is 19.3 Å². The Morgan fingerprint density at radius 1 is 1.09 bits per heavy atom. The van der Waals surface area contributed by atoms with Gasteiger partial charge in [0.25, 0.3) is 0 Å². The van der Waals surface area contributed by atoms with E-state index in [1.165, 1.54) is 5.69 Å². The zero-order valence-electron chi connectivity index (χ0n) is 20.5. The van der Waals surface area contributed by atoms with Gasteiger partial charge in [-0.3, -0.25) is 9.58 Å². The van der Waals surface area contributed by atoms with E-state index in [9.17, 15) is 5.11 Å². The summed E-state index contributed by atoms with van der Waals surface area (Å²) >= 11 is 5.94. The number of rotatable bonds is 10. The summed E-state index contributed by atoms with van der Waals surface area (Å²) in [4.78, 5) is 2.19. The molecule has 0 aliphatic carbocycles. The molecule has 2 heterocycles. The molecular weight excluding hydrogens is 466 g/mol. The van der Waals surface area contributed by atoms with E-state index in [0.717, 1.165) is 36.5 Å². The van der Waals surface area contributed by atoms with Gasteiger partial charge in [0, 0.05) is 43.3 Å². The summed E-state index contributed by atoms with van der Waals surface area (Å²) in [6.07, 6.45) is 0.885. The summed E-state index contributed by atoms with van der Waals surface area (Å²) in [6.45, 7) is 8.36. The summed E-state index contributed by atoms with van der Waals surface area (Å²) in [5.74, 6) is 1.52. The lowest BCUT2D eigenvalue weighted by atomic mass is 10.1. The molecule has 0 amide bonds. The summed E-state index contributed by atoms with van der Waals surface area (Å²) in [7, 11) is 0. The average Bonchev–Trinajstić information content (AvgIpc) is 3.03. The molecule has 35 heavy (non-hydrogen) atoms. The molecule has 7 nitrogen and oxygen atoms in total. The molecule has 1 fully saturated rings. The molecule has 1 aliphatic heterocycles. The van der Waals surface area contributed by atoms with Gasteiger partial charge in [0.1, 0.15) is 23.7 Å². The van der Waals surface area contributed by atoms with Crippen LogP contribution in [0, 0.1) is 13.8 Å². The van der Waals surface area contributed by atoms with Crippen LogP contribution in [-0.4, -0.2) is 64.9 Å². The molecule has 188 valence electrons. The van der Waals surface area contributed by atoms with Gasteiger partial charge in [0.2, 0.25) is 0 Å². The Morgan fingerprint density at radius 3 is 2.69 bits per heavy atom. The number of halogens is 1.